The topological polar surface area (TPSA) is 66.8 Å². The van der Waals surface area contributed by atoms with Crippen molar-refractivity contribution >= 4 is 11.9 Å². The van der Waals surface area contributed by atoms with Gasteiger partial charge in [0.1, 0.15) is 0 Å². The molecule has 5 heteroatoms. The summed E-state index contributed by atoms with van der Waals surface area (Å²) >= 11 is 0. The molecule has 0 aromatic rings. The molecule has 0 spiro atoms. The number of aliphatic carboxylic acids is 1. The quantitative estimate of drug-likeness (QED) is 0.592. The van der Waals surface area contributed by atoms with Crippen LogP contribution in [-0.2, 0) is 14.3 Å². The molecular formula is C7H15NO4. The number of hydrogen-bond donors (Lipinski definition) is 1. The summed E-state index contributed by atoms with van der Waals surface area (Å²) in [6.45, 7) is 1.44. The first-order valence-electron chi connectivity index (χ1n) is 3.31. The van der Waals surface area contributed by atoms with Crippen molar-refractivity contribution in [2.45, 2.75) is 6.92 Å². The number of carboxylic acid groups (broad SMARTS) is 1. The molecule has 0 saturated heterocycles. The number of rotatable bonds is 2. The van der Waals surface area contributed by atoms with E-state index in [1.807, 2.05) is 14.1 Å². The van der Waals surface area contributed by atoms with E-state index in [0.717, 1.165) is 6.92 Å². The highest BCUT2D eigenvalue weighted by atomic mass is 16.5. The van der Waals surface area contributed by atoms with Gasteiger partial charge in [0.05, 0.1) is 13.7 Å². The Labute approximate surface area is 71.9 Å². The van der Waals surface area contributed by atoms with Crippen LogP contribution in [0.4, 0.5) is 0 Å². The van der Waals surface area contributed by atoms with Crippen molar-refractivity contribution in [1.29, 1.82) is 0 Å². The summed E-state index contributed by atoms with van der Waals surface area (Å²) in [6, 6.07) is 0. The molecule has 1 N–H and O–H groups in total. The summed E-state index contributed by atoms with van der Waals surface area (Å²) in [5.74, 6) is -1.03. The molecule has 72 valence electrons. The number of ether oxygens (including phenoxy) is 1. The van der Waals surface area contributed by atoms with Crippen LogP contribution in [0, 0.1) is 0 Å². The van der Waals surface area contributed by atoms with Crippen LogP contribution >= 0.6 is 0 Å². The lowest BCUT2D eigenvalue weighted by atomic mass is 10.6. The van der Waals surface area contributed by atoms with Crippen LogP contribution in [0.15, 0.2) is 0 Å². The van der Waals surface area contributed by atoms with Crippen molar-refractivity contribution in [3.8, 4) is 0 Å². The van der Waals surface area contributed by atoms with E-state index < -0.39 is 5.97 Å². The summed E-state index contributed by atoms with van der Waals surface area (Å²) < 4.78 is 4.38. The maximum atomic E-state index is 10.4. The van der Waals surface area contributed by atoms with Gasteiger partial charge in [-0.3, -0.25) is 14.5 Å². The average Bonchev–Trinajstić information content (AvgIpc) is 1.84. The molecule has 0 aromatic heterocycles. The zero-order valence-corrected chi connectivity index (χ0v) is 7.83. The van der Waals surface area contributed by atoms with Crippen LogP contribution in [0.2, 0.25) is 0 Å². The first-order chi connectivity index (χ1) is 5.40. The summed E-state index contributed by atoms with van der Waals surface area (Å²) in [6.07, 6.45) is 0. The molecule has 0 fully saturated rings. The third kappa shape index (κ3) is 23.1. The number of likely N-dealkylation sites (N-methyl/N-ethyl adjacent to an activating group) is 1. The van der Waals surface area contributed by atoms with Crippen molar-refractivity contribution < 1.29 is 19.4 Å². The van der Waals surface area contributed by atoms with Crippen molar-refractivity contribution in [3.63, 3.8) is 0 Å². The Morgan fingerprint density at radius 2 is 1.75 bits per heavy atom. The van der Waals surface area contributed by atoms with Gasteiger partial charge < -0.3 is 9.84 Å². The first-order valence-corrected chi connectivity index (χ1v) is 3.31. The van der Waals surface area contributed by atoms with Crippen molar-refractivity contribution in [1.82, 2.24) is 4.90 Å². The minimum atomic E-state index is -0.833. The molecule has 0 unspecified atom stereocenters. The molecule has 0 aliphatic carbocycles. The third-order valence-corrected chi connectivity index (χ3v) is 0.673. The zero-order chi connectivity index (χ0) is 10.1. The Kier molecular flexibility index (Phi) is 8.99. The Hall–Kier alpha value is -1.10. The number of nitrogens with zero attached hydrogens (tertiary/aromatic N) is 1. The largest absolute Gasteiger partial charge is 0.481 e. The van der Waals surface area contributed by atoms with Crippen LogP contribution in [0.1, 0.15) is 6.92 Å². The smallest absolute Gasteiger partial charge is 0.319 e. The van der Waals surface area contributed by atoms with Gasteiger partial charge in [0.15, 0.2) is 0 Å². The Morgan fingerprint density at radius 3 is 1.83 bits per heavy atom. The Balaban J connectivity index is 0. The van der Waals surface area contributed by atoms with Crippen LogP contribution in [0.5, 0.6) is 0 Å². The first kappa shape index (κ1) is 13.5. The van der Waals surface area contributed by atoms with Crippen LogP contribution < -0.4 is 0 Å². The van der Waals surface area contributed by atoms with E-state index in [4.69, 9.17) is 9.90 Å². The van der Waals surface area contributed by atoms with E-state index in [9.17, 15) is 4.79 Å². The van der Waals surface area contributed by atoms with E-state index in [0.29, 0.717) is 6.54 Å². The predicted octanol–water partition coefficient (Wildman–Crippen LogP) is -0.188. The highest BCUT2D eigenvalue weighted by Gasteiger charge is 1.98. The maximum absolute atomic E-state index is 10.4. The fourth-order valence-electron chi connectivity index (χ4n) is 0.323. The lowest BCUT2D eigenvalue weighted by molar-refractivity contribution is -0.141. The molecule has 0 saturated carbocycles. The summed E-state index contributed by atoms with van der Waals surface area (Å²) in [4.78, 5) is 21.1. The Morgan fingerprint density at radius 1 is 1.42 bits per heavy atom. The van der Waals surface area contributed by atoms with Gasteiger partial charge in [-0.05, 0) is 14.1 Å². The van der Waals surface area contributed by atoms with Crippen LogP contribution in [0.3, 0.4) is 0 Å². The molecule has 0 aliphatic heterocycles. The normalized spacial score (nSPS) is 8.42. The molecule has 0 bridgehead atoms. The predicted molar refractivity (Wildman–Crippen MR) is 43.9 cm³/mol. The van der Waals surface area contributed by atoms with Gasteiger partial charge in [0.2, 0.25) is 0 Å². The monoisotopic (exact) mass is 177 g/mol. The summed E-state index contributed by atoms with van der Waals surface area (Å²) in [5.41, 5.74) is 0. The second kappa shape index (κ2) is 8.00. The van der Waals surface area contributed by atoms with Gasteiger partial charge in [0, 0.05) is 6.92 Å². The van der Waals surface area contributed by atoms with E-state index in [1.54, 1.807) is 4.90 Å². The highest BCUT2D eigenvalue weighted by Crippen LogP contribution is 1.75. The van der Waals surface area contributed by atoms with E-state index >= 15 is 0 Å². The minimum absolute atomic E-state index is 0.199. The fourth-order valence-corrected chi connectivity index (χ4v) is 0.323. The molecule has 0 aromatic carbocycles. The minimum Gasteiger partial charge on any atom is -0.481 e. The lowest BCUT2D eigenvalue weighted by Crippen LogP contribution is -2.22. The Bertz CT molecular complexity index is 140. The molecule has 0 atom stereocenters. The third-order valence-electron chi connectivity index (χ3n) is 0.673. The summed E-state index contributed by atoms with van der Waals surface area (Å²) in [7, 11) is 5.01. The molecule has 0 rings (SSSR count). The lowest BCUT2D eigenvalue weighted by Gasteiger charge is -2.05. The van der Waals surface area contributed by atoms with Gasteiger partial charge in [0.25, 0.3) is 5.97 Å². The number of methoxy groups -OCH3 is 1. The molecule has 0 heterocycles. The van der Waals surface area contributed by atoms with E-state index in [-0.39, 0.29) is 5.97 Å². The molecular weight excluding hydrogens is 162 g/mol. The molecule has 0 aliphatic rings. The number of hydrogen-bond acceptors (Lipinski definition) is 4. The molecule has 0 radical (unpaired) electrons. The zero-order valence-electron chi connectivity index (χ0n) is 7.83. The molecule has 5 nitrogen and oxygen atoms in total. The van der Waals surface area contributed by atoms with E-state index in [2.05, 4.69) is 4.74 Å². The number of carboxylic acids is 1. The number of carbonyl (C=O) groups is 2. The maximum Gasteiger partial charge on any atom is 0.319 e. The molecule has 0 amide bonds. The van der Waals surface area contributed by atoms with Gasteiger partial charge >= 0.3 is 5.97 Å². The highest BCUT2D eigenvalue weighted by molar-refractivity contribution is 5.71. The summed E-state index contributed by atoms with van der Waals surface area (Å²) in [5, 5.41) is 7.42. The standard InChI is InChI=1S/C5H11NO2.C2H4O2/c1-6(2)4-5(7)8-3;1-2(3)4/h4H2,1-3H3;1H3,(H,3,4). The number of esters is 1. The fraction of sp³-hybridized carbons (Fsp3) is 0.714. The van der Waals surface area contributed by atoms with Gasteiger partial charge in [-0.2, -0.15) is 0 Å². The van der Waals surface area contributed by atoms with Crippen molar-refractivity contribution in [2.24, 2.45) is 0 Å². The molecule has 12 heavy (non-hydrogen) atoms. The second-order valence-corrected chi connectivity index (χ2v) is 2.33. The SMILES string of the molecule is CC(=O)O.COC(=O)CN(C)C. The average molecular weight is 177 g/mol. The second-order valence-electron chi connectivity index (χ2n) is 2.33. The van der Waals surface area contributed by atoms with E-state index in [1.165, 1.54) is 7.11 Å². The number of carbonyl (C=O) groups excluding carboxylic acids is 1. The van der Waals surface area contributed by atoms with Crippen molar-refractivity contribution in [2.75, 3.05) is 27.7 Å². The van der Waals surface area contributed by atoms with Crippen LogP contribution in [-0.4, -0.2) is 49.7 Å². The van der Waals surface area contributed by atoms with Crippen LogP contribution in [0.25, 0.3) is 0 Å². The van der Waals surface area contributed by atoms with Gasteiger partial charge in [-0.25, -0.2) is 0 Å². The van der Waals surface area contributed by atoms with Gasteiger partial charge in [-0.1, -0.05) is 0 Å². The van der Waals surface area contributed by atoms with Gasteiger partial charge in [-0.15, -0.1) is 0 Å². The van der Waals surface area contributed by atoms with Crippen molar-refractivity contribution in [3.05, 3.63) is 0 Å².